The minimum absolute atomic E-state index is 0.0459. The topological polar surface area (TPSA) is 110 Å². The lowest BCUT2D eigenvalue weighted by molar-refractivity contribution is -0.384. The van der Waals surface area contributed by atoms with Gasteiger partial charge in [0.05, 0.1) is 33.4 Å². The van der Waals surface area contributed by atoms with E-state index in [2.05, 4.69) is 35.7 Å². The molecule has 1 fully saturated rings. The number of likely N-dealkylation sites (N-methyl/N-ethyl adjacent to an activating group) is 1. The Morgan fingerprint density at radius 2 is 1.86 bits per heavy atom. The first-order valence-electron chi connectivity index (χ1n) is 14.1. The number of nitro benzene ring substituents is 1. The van der Waals surface area contributed by atoms with E-state index in [4.69, 9.17) is 4.74 Å². The molecular weight excluding hydrogens is 554 g/mol. The first-order valence-corrected chi connectivity index (χ1v) is 14.9. The zero-order chi connectivity index (χ0) is 30.1. The van der Waals surface area contributed by atoms with Crippen LogP contribution in [0.15, 0.2) is 63.5 Å². The van der Waals surface area contributed by atoms with Gasteiger partial charge in [-0.2, -0.15) is 0 Å². The SMILES string of the molecule is CCOC(=O)C1=C(C)N=c2s/c(=C\c3cc([N+](=O)[O-])ccc3N3CCN(C)CC3)c(=O)n2C1c1ccc(C(C)C)cc1. The van der Waals surface area contributed by atoms with Crippen molar-refractivity contribution in [2.24, 2.45) is 4.99 Å². The first-order chi connectivity index (χ1) is 20.1. The van der Waals surface area contributed by atoms with Crippen LogP contribution in [-0.4, -0.2) is 60.2 Å². The van der Waals surface area contributed by atoms with Crippen molar-refractivity contribution >= 4 is 34.8 Å². The molecule has 0 N–H and O–H groups in total. The van der Waals surface area contributed by atoms with E-state index in [0.29, 0.717) is 32.1 Å². The molecule has 0 amide bonds. The molecular formula is C31H35N5O5S. The second-order valence-corrected chi connectivity index (χ2v) is 11.9. The number of nitrogens with zero attached hydrogens (tertiary/aromatic N) is 5. The number of carbonyl (C=O) groups is 1. The first kappa shape index (κ1) is 29.4. The van der Waals surface area contributed by atoms with Crippen LogP contribution in [0.2, 0.25) is 0 Å². The van der Waals surface area contributed by atoms with Crippen LogP contribution in [0, 0.1) is 10.1 Å². The molecule has 220 valence electrons. The van der Waals surface area contributed by atoms with E-state index in [0.717, 1.165) is 43.0 Å². The summed E-state index contributed by atoms with van der Waals surface area (Å²) in [5, 5.41) is 11.7. The number of anilines is 1. The maximum atomic E-state index is 14.1. The zero-order valence-electron chi connectivity index (χ0n) is 24.5. The van der Waals surface area contributed by atoms with Gasteiger partial charge < -0.3 is 14.5 Å². The van der Waals surface area contributed by atoms with E-state index >= 15 is 0 Å². The molecule has 0 spiro atoms. The fourth-order valence-corrected chi connectivity index (χ4v) is 6.46. The highest BCUT2D eigenvalue weighted by atomic mass is 32.1. The number of allylic oxidation sites excluding steroid dienone is 1. The molecule has 2 aromatic carbocycles. The number of carbonyl (C=O) groups excluding carboxylic acids is 1. The predicted octanol–water partition coefficient (Wildman–Crippen LogP) is 3.58. The minimum Gasteiger partial charge on any atom is -0.463 e. The van der Waals surface area contributed by atoms with Crippen molar-refractivity contribution in [3.63, 3.8) is 0 Å². The summed E-state index contributed by atoms with van der Waals surface area (Å²) in [5.41, 5.74) is 3.80. The van der Waals surface area contributed by atoms with Crippen LogP contribution in [-0.2, 0) is 9.53 Å². The summed E-state index contributed by atoms with van der Waals surface area (Å²) in [5.74, 6) is -0.186. The van der Waals surface area contributed by atoms with Crippen molar-refractivity contribution in [1.82, 2.24) is 9.47 Å². The van der Waals surface area contributed by atoms with Gasteiger partial charge >= 0.3 is 5.97 Å². The Balaban J connectivity index is 1.69. The summed E-state index contributed by atoms with van der Waals surface area (Å²) in [7, 11) is 2.06. The van der Waals surface area contributed by atoms with Gasteiger partial charge in [0.2, 0.25) is 0 Å². The van der Waals surface area contributed by atoms with Gasteiger partial charge in [-0.1, -0.05) is 49.4 Å². The van der Waals surface area contributed by atoms with Crippen molar-refractivity contribution in [3.8, 4) is 0 Å². The van der Waals surface area contributed by atoms with Gasteiger partial charge in [0.15, 0.2) is 4.80 Å². The highest BCUT2D eigenvalue weighted by Gasteiger charge is 2.33. The van der Waals surface area contributed by atoms with Crippen molar-refractivity contribution in [3.05, 3.63) is 100 Å². The number of ether oxygens (including phenoxy) is 1. The third-order valence-electron chi connectivity index (χ3n) is 7.79. The summed E-state index contributed by atoms with van der Waals surface area (Å²) >= 11 is 1.21. The van der Waals surface area contributed by atoms with Gasteiger partial charge in [0, 0.05) is 49.6 Å². The van der Waals surface area contributed by atoms with E-state index in [1.54, 1.807) is 30.6 Å². The molecule has 1 atom stereocenters. The second kappa shape index (κ2) is 12.0. The van der Waals surface area contributed by atoms with E-state index in [9.17, 15) is 19.7 Å². The number of aromatic nitrogens is 1. The molecule has 11 heteroatoms. The number of thiazole rings is 1. The highest BCUT2D eigenvalue weighted by Crippen LogP contribution is 2.32. The molecule has 10 nitrogen and oxygen atoms in total. The van der Waals surface area contributed by atoms with Crippen molar-refractivity contribution in [2.45, 2.75) is 39.7 Å². The fraction of sp³-hybridized carbons (Fsp3) is 0.387. The number of benzene rings is 2. The van der Waals surface area contributed by atoms with Crippen molar-refractivity contribution < 1.29 is 14.5 Å². The molecule has 0 bridgehead atoms. The Kier molecular flexibility index (Phi) is 8.42. The number of hydrogen-bond donors (Lipinski definition) is 0. The third-order valence-corrected chi connectivity index (χ3v) is 8.77. The van der Waals surface area contributed by atoms with Crippen LogP contribution in [0.3, 0.4) is 0 Å². The number of nitro groups is 1. The van der Waals surface area contributed by atoms with Crippen LogP contribution in [0.5, 0.6) is 0 Å². The quantitative estimate of drug-likeness (QED) is 0.235. The Morgan fingerprint density at radius 1 is 1.17 bits per heavy atom. The molecule has 2 aliphatic rings. The average Bonchev–Trinajstić information content (AvgIpc) is 3.26. The molecule has 5 rings (SSSR count). The number of hydrogen-bond acceptors (Lipinski definition) is 9. The molecule has 1 aromatic heterocycles. The van der Waals surface area contributed by atoms with Crippen LogP contribution >= 0.6 is 11.3 Å². The van der Waals surface area contributed by atoms with E-state index in [1.165, 1.54) is 23.5 Å². The lowest BCUT2D eigenvalue weighted by Gasteiger charge is -2.34. The molecule has 42 heavy (non-hydrogen) atoms. The van der Waals surface area contributed by atoms with Crippen LogP contribution in [0.25, 0.3) is 6.08 Å². The number of esters is 1. The zero-order valence-corrected chi connectivity index (χ0v) is 25.3. The Morgan fingerprint density at radius 3 is 2.48 bits per heavy atom. The average molecular weight is 590 g/mol. The molecule has 3 aromatic rings. The second-order valence-electron chi connectivity index (χ2n) is 10.9. The molecule has 0 aliphatic carbocycles. The van der Waals surface area contributed by atoms with Gasteiger partial charge in [-0.15, -0.1) is 0 Å². The van der Waals surface area contributed by atoms with Crippen molar-refractivity contribution in [1.29, 1.82) is 0 Å². The molecule has 3 heterocycles. The Labute approximate surface area is 248 Å². The molecule has 0 saturated carbocycles. The largest absolute Gasteiger partial charge is 0.463 e. The van der Waals surface area contributed by atoms with Gasteiger partial charge in [-0.3, -0.25) is 19.5 Å². The third kappa shape index (κ3) is 5.66. The van der Waals surface area contributed by atoms with Gasteiger partial charge in [-0.25, -0.2) is 9.79 Å². The van der Waals surface area contributed by atoms with Gasteiger partial charge in [0.1, 0.15) is 0 Å². The summed E-state index contributed by atoms with van der Waals surface area (Å²) in [4.78, 5) is 48.1. The molecule has 1 unspecified atom stereocenters. The number of non-ortho nitro benzene ring substituents is 1. The highest BCUT2D eigenvalue weighted by molar-refractivity contribution is 7.07. The van der Waals surface area contributed by atoms with Crippen LogP contribution in [0.1, 0.15) is 56.3 Å². The fourth-order valence-electron chi connectivity index (χ4n) is 5.42. The van der Waals surface area contributed by atoms with Crippen molar-refractivity contribution in [2.75, 3.05) is 44.7 Å². The number of piperazine rings is 1. The Bertz CT molecular complexity index is 1730. The number of fused-ring (bicyclic) bond motifs is 1. The molecule has 2 aliphatic heterocycles. The summed E-state index contributed by atoms with van der Waals surface area (Å²) in [6.07, 6.45) is 1.72. The van der Waals surface area contributed by atoms with Crippen LogP contribution in [0.4, 0.5) is 11.4 Å². The van der Waals surface area contributed by atoms with E-state index in [-0.39, 0.29) is 17.9 Å². The lowest BCUT2D eigenvalue weighted by atomic mass is 9.93. The predicted molar refractivity (Wildman–Crippen MR) is 164 cm³/mol. The van der Waals surface area contributed by atoms with E-state index in [1.807, 2.05) is 24.3 Å². The standard InChI is InChI=1S/C31H35N5O5S/c1-6-41-30(38)27-20(4)32-31-35(28(27)22-9-7-21(8-10-22)19(2)3)29(37)26(42-31)18-23-17-24(36(39)40)11-12-25(23)34-15-13-33(5)14-16-34/h7-12,17-19,28H,6,13-16H2,1-5H3/b26-18-. The maximum absolute atomic E-state index is 14.1. The number of rotatable bonds is 7. The molecule has 1 saturated heterocycles. The Hall–Kier alpha value is -4.09. The smallest absolute Gasteiger partial charge is 0.338 e. The molecule has 0 radical (unpaired) electrons. The summed E-state index contributed by atoms with van der Waals surface area (Å²) in [6, 6.07) is 12.0. The maximum Gasteiger partial charge on any atom is 0.338 e. The normalized spacial score (nSPS) is 17.8. The summed E-state index contributed by atoms with van der Waals surface area (Å²) in [6.45, 7) is 11.2. The van der Waals surface area contributed by atoms with Crippen LogP contribution < -0.4 is 19.8 Å². The lowest BCUT2D eigenvalue weighted by Crippen LogP contribution is -2.44. The van der Waals surface area contributed by atoms with E-state index < -0.39 is 16.9 Å². The van der Waals surface area contributed by atoms with Gasteiger partial charge in [0.25, 0.3) is 11.2 Å². The summed E-state index contributed by atoms with van der Waals surface area (Å²) < 4.78 is 7.33. The van der Waals surface area contributed by atoms with Gasteiger partial charge in [-0.05, 0) is 50.1 Å². The monoisotopic (exact) mass is 589 g/mol. The minimum atomic E-state index is -0.717.